The maximum Gasteiger partial charge on any atom is 0.335 e. The molecule has 2 N–H and O–H groups in total. The number of hydrogen-bond acceptors (Lipinski definition) is 4. The Morgan fingerprint density at radius 2 is 1.80 bits per heavy atom. The molecule has 0 saturated heterocycles. The highest BCUT2D eigenvalue weighted by Gasteiger charge is 2.12. The van der Waals surface area contributed by atoms with Crippen LogP contribution in [-0.4, -0.2) is 30.2 Å². The van der Waals surface area contributed by atoms with Gasteiger partial charge in [0.05, 0.1) is 30.9 Å². The number of nitrogens with one attached hydrogen (secondary N) is 1. The van der Waals surface area contributed by atoms with Crippen molar-refractivity contribution in [1.82, 2.24) is 0 Å². The van der Waals surface area contributed by atoms with Crippen molar-refractivity contribution < 1.29 is 24.2 Å². The van der Waals surface area contributed by atoms with Crippen LogP contribution in [0.4, 0.5) is 5.69 Å². The second-order valence-electron chi connectivity index (χ2n) is 5.76. The highest BCUT2D eigenvalue weighted by atomic mass is 16.5. The number of ether oxygens (including phenoxy) is 2. The second kappa shape index (κ2) is 8.19. The molecule has 0 heterocycles. The fourth-order valence-electron chi connectivity index (χ4n) is 2.24. The van der Waals surface area contributed by atoms with Gasteiger partial charge in [0, 0.05) is 6.07 Å². The van der Waals surface area contributed by atoms with Crippen molar-refractivity contribution in [3.8, 4) is 11.5 Å². The van der Waals surface area contributed by atoms with Gasteiger partial charge >= 0.3 is 5.97 Å². The van der Waals surface area contributed by atoms with E-state index in [4.69, 9.17) is 14.6 Å². The lowest BCUT2D eigenvalue weighted by Gasteiger charge is -2.16. The van der Waals surface area contributed by atoms with E-state index in [9.17, 15) is 9.59 Å². The molecule has 0 spiro atoms. The topological polar surface area (TPSA) is 84.9 Å². The molecule has 0 aliphatic carbocycles. The molecule has 25 heavy (non-hydrogen) atoms. The van der Waals surface area contributed by atoms with Gasteiger partial charge in [0.15, 0.2) is 0 Å². The summed E-state index contributed by atoms with van der Waals surface area (Å²) in [6.07, 6.45) is 0.0886. The number of carbonyl (C=O) groups is 2. The number of benzene rings is 2. The van der Waals surface area contributed by atoms with E-state index in [0.717, 1.165) is 5.56 Å². The lowest BCUT2D eigenvalue weighted by Crippen LogP contribution is -2.16. The van der Waals surface area contributed by atoms with E-state index in [1.54, 1.807) is 37.4 Å². The van der Waals surface area contributed by atoms with Gasteiger partial charge in [-0.25, -0.2) is 4.79 Å². The third-order valence-corrected chi connectivity index (χ3v) is 3.39. The van der Waals surface area contributed by atoms with Crippen LogP contribution in [-0.2, 0) is 11.2 Å². The van der Waals surface area contributed by atoms with Crippen LogP contribution in [0.3, 0.4) is 0 Å². The van der Waals surface area contributed by atoms with Gasteiger partial charge in [0.2, 0.25) is 5.91 Å². The molecule has 0 aromatic heterocycles. The average Bonchev–Trinajstić information content (AvgIpc) is 2.56. The number of carboxylic acid groups (broad SMARTS) is 1. The number of rotatable bonds is 7. The van der Waals surface area contributed by atoms with Crippen molar-refractivity contribution >= 4 is 17.6 Å². The van der Waals surface area contributed by atoms with Gasteiger partial charge < -0.3 is 19.9 Å². The SMILES string of the molecule is COc1ccc(OC(C)C)c(NC(=O)Cc2ccc(C(=O)O)cc2)c1. The van der Waals surface area contributed by atoms with Crippen LogP contribution in [0.15, 0.2) is 42.5 Å². The van der Waals surface area contributed by atoms with E-state index in [1.807, 2.05) is 13.8 Å². The Kier molecular flexibility index (Phi) is 6.00. The van der Waals surface area contributed by atoms with Gasteiger partial charge in [-0.3, -0.25) is 4.79 Å². The molecule has 2 rings (SSSR count). The molecular weight excluding hydrogens is 322 g/mol. The molecule has 0 aliphatic rings. The summed E-state index contributed by atoms with van der Waals surface area (Å²) in [5.74, 6) is -0.0598. The molecule has 0 bridgehead atoms. The monoisotopic (exact) mass is 343 g/mol. The highest BCUT2D eigenvalue weighted by Crippen LogP contribution is 2.30. The van der Waals surface area contributed by atoms with Crippen molar-refractivity contribution in [1.29, 1.82) is 0 Å². The van der Waals surface area contributed by atoms with Gasteiger partial charge in [0.25, 0.3) is 0 Å². The zero-order valence-electron chi connectivity index (χ0n) is 14.4. The number of aromatic carboxylic acids is 1. The molecule has 0 fully saturated rings. The zero-order chi connectivity index (χ0) is 18.4. The third-order valence-electron chi connectivity index (χ3n) is 3.39. The van der Waals surface area contributed by atoms with Gasteiger partial charge in [0.1, 0.15) is 11.5 Å². The largest absolute Gasteiger partial charge is 0.497 e. The van der Waals surface area contributed by atoms with E-state index in [1.165, 1.54) is 12.1 Å². The van der Waals surface area contributed by atoms with E-state index in [2.05, 4.69) is 5.32 Å². The van der Waals surface area contributed by atoms with Crippen molar-refractivity contribution in [2.45, 2.75) is 26.4 Å². The second-order valence-corrected chi connectivity index (χ2v) is 5.76. The molecule has 2 aromatic rings. The van der Waals surface area contributed by atoms with Crippen LogP contribution in [0.5, 0.6) is 11.5 Å². The Morgan fingerprint density at radius 1 is 1.12 bits per heavy atom. The van der Waals surface area contributed by atoms with Gasteiger partial charge in [-0.15, -0.1) is 0 Å². The van der Waals surface area contributed by atoms with Crippen LogP contribution in [0.1, 0.15) is 29.8 Å². The average molecular weight is 343 g/mol. The van der Waals surface area contributed by atoms with Crippen LogP contribution < -0.4 is 14.8 Å². The van der Waals surface area contributed by atoms with Crippen molar-refractivity contribution in [2.24, 2.45) is 0 Å². The first-order valence-corrected chi connectivity index (χ1v) is 7.86. The molecule has 6 heteroatoms. The summed E-state index contributed by atoms with van der Waals surface area (Å²) in [5.41, 5.74) is 1.43. The predicted molar refractivity (Wildman–Crippen MR) is 94.5 cm³/mol. The summed E-state index contributed by atoms with van der Waals surface area (Å²) in [6, 6.07) is 11.4. The maximum absolute atomic E-state index is 12.3. The van der Waals surface area contributed by atoms with Crippen molar-refractivity contribution in [3.63, 3.8) is 0 Å². The fourth-order valence-corrected chi connectivity index (χ4v) is 2.24. The quantitative estimate of drug-likeness (QED) is 0.805. The Labute approximate surface area is 146 Å². The predicted octanol–water partition coefficient (Wildman–Crippen LogP) is 3.36. The summed E-state index contributed by atoms with van der Waals surface area (Å²) in [4.78, 5) is 23.2. The van der Waals surface area contributed by atoms with E-state index < -0.39 is 5.97 Å². The Hall–Kier alpha value is -3.02. The number of carbonyl (C=O) groups excluding carboxylic acids is 1. The normalized spacial score (nSPS) is 10.4. The number of hydrogen-bond donors (Lipinski definition) is 2. The Balaban J connectivity index is 2.12. The Morgan fingerprint density at radius 3 is 2.36 bits per heavy atom. The van der Waals surface area contributed by atoms with Crippen LogP contribution in [0.2, 0.25) is 0 Å². The highest BCUT2D eigenvalue weighted by molar-refractivity contribution is 5.94. The smallest absolute Gasteiger partial charge is 0.335 e. The number of methoxy groups -OCH3 is 1. The molecule has 2 aromatic carbocycles. The maximum atomic E-state index is 12.3. The number of amides is 1. The van der Waals surface area contributed by atoms with Gasteiger partial charge in [-0.05, 0) is 43.7 Å². The van der Waals surface area contributed by atoms with Gasteiger partial charge in [-0.2, -0.15) is 0 Å². The lowest BCUT2D eigenvalue weighted by molar-refractivity contribution is -0.115. The molecular formula is C19H21NO5. The van der Waals surface area contributed by atoms with Crippen molar-refractivity contribution in [3.05, 3.63) is 53.6 Å². The first kappa shape index (κ1) is 18.3. The summed E-state index contributed by atoms with van der Waals surface area (Å²) >= 11 is 0. The zero-order valence-corrected chi connectivity index (χ0v) is 14.4. The molecule has 1 amide bonds. The molecule has 0 unspecified atom stereocenters. The molecule has 0 atom stereocenters. The third kappa shape index (κ3) is 5.24. The van der Waals surface area contributed by atoms with E-state index in [-0.39, 0.29) is 24.0 Å². The standard InChI is InChI=1S/C19H21NO5/c1-12(2)25-17-9-8-15(24-3)11-16(17)20-18(21)10-13-4-6-14(7-5-13)19(22)23/h4-9,11-12H,10H2,1-3H3,(H,20,21)(H,22,23). The van der Waals surface area contributed by atoms with Crippen molar-refractivity contribution in [2.75, 3.05) is 12.4 Å². The minimum absolute atomic E-state index is 0.0346. The van der Waals surface area contributed by atoms with Crippen LogP contribution in [0, 0.1) is 0 Å². The first-order valence-electron chi connectivity index (χ1n) is 7.86. The first-order chi connectivity index (χ1) is 11.9. The van der Waals surface area contributed by atoms with E-state index in [0.29, 0.717) is 17.2 Å². The summed E-state index contributed by atoms with van der Waals surface area (Å²) in [6.45, 7) is 3.81. The lowest BCUT2D eigenvalue weighted by atomic mass is 10.1. The molecule has 0 aliphatic heterocycles. The minimum Gasteiger partial charge on any atom is -0.497 e. The van der Waals surface area contributed by atoms with Crippen LogP contribution >= 0.6 is 0 Å². The Bertz CT molecular complexity index is 753. The van der Waals surface area contributed by atoms with Crippen LogP contribution in [0.25, 0.3) is 0 Å². The minimum atomic E-state index is -0.997. The molecule has 6 nitrogen and oxygen atoms in total. The number of anilines is 1. The van der Waals surface area contributed by atoms with Gasteiger partial charge in [-0.1, -0.05) is 12.1 Å². The molecule has 0 radical (unpaired) electrons. The van der Waals surface area contributed by atoms with E-state index >= 15 is 0 Å². The summed E-state index contributed by atoms with van der Waals surface area (Å²) < 4.78 is 10.9. The summed E-state index contributed by atoms with van der Waals surface area (Å²) in [5, 5.41) is 11.7. The summed E-state index contributed by atoms with van der Waals surface area (Å²) in [7, 11) is 1.55. The fraction of sp³-hybridized carbons (Fsp3) is 0.263. The molecule has 0 saturated carbocycles. The number of carboxylic acids is 1. The molecule has 132 valence electrons.